The molecule has 2 aromatic rings. The quantitative estimate of drug-likeness (QED) is 0.837. The molecule has 1 amide bonds. The number of nitrogens with zero attached hydrogens (tertiary/aromatic N) is 1. The van der Waals surface area contributed by atoms with Crippen molar-refractivity contribution in [2.24, 2.45) is 5.41 Å². The second kappa shape index (κ2) is 7.45. The minimum Gasteiger partial charge on any atom is -0.481 e. The predicted octanol–water partition coefficient (Wildman–Crippen LogP) is 3.63. The summed E-state index contributed by atoms with van der Waals surface area (Å²) in [5.41, 5.74) is 0.978. The van der Waals surface area contributed by atoms with Crippen molar-refractivity contribution in [3.8, 4) is 11.3 Å². The molecule has 6 heteroatoms. The van der Waals surface area contributed by atoms with Crippen LogP contribution in [0.1, 0.15) is 30.6 Å². The number of carboxylic acids is 1. The van der Waals surface area contributed by atoms with Crippen molar-refractivity contribution in [1.29, 1.82) is 0 Å². The van der Waals surface area contributed by atoms with Gasteiger partial charge in [0, 0.05) is 18.3 Å². The number of nitrogens with one attached hydrogen (secondary N) is 1. The molecule has 0 radical (unpaired) electrons. The molecule has 0 aliphatic rings. The van der Waals surface area contributed by atoms with E-state index in [2.05, 4.69) is 10.3 Å². The zero-order valence-electron chi connectivity index (χ0n) is 13.5. The summed E-state index contributed by atoms with van der Waals surface area (Å²) in [5, 5.41) is 12.1. The van der Waals surface area contributed by atoms with Crippen LogP contribution in [0.25, 0.3) is 11.3 Å². The molecule has 0 saturated carbocycles. The van der Waals surface area contributed by atoms with Gasteiger partial charge in [-0.3, -0.25) is 14.6 Å². The van der Waals surface area contributed by atoms with Crippen molar-refractivity contribution < 1.29 is 14.7 Å². The lowest BCUT2D eigenvalue weighted by Crippen LogP contribution is -2.32. The summed E-state index contributed by atoms with van der Waals surface area (Å²) in [4.78, 5) is 27.7. The predicted molar refractivity (Wildman–Crippen MR) is 93.1 cm³/mol. The molecule has 0 bridgehead atoms. The van der Waals surface area contributed by atoms with E-state index in [4.69, 9.17) is 16.7 Å². The van der Waals surface area contributed by atoms with E-state index >= 15 is 0 Å². The molecule has 1 aromatic carbocycles. The second-order valence-corrected chi connectivity index (χ2v) is 6.51. The Morgan fingerprint density at radius 1 is 1.25 bits per heavy atom. The van der Waals surface area contributed by atoms with Crippen LogP contribution in [0.5, 0.6) is 0 Å². The molecule has 5 nitrogen and oxygen atoms in total. The van der Waals surface area contributed by atoms with E-state index in [1.54, 1.807) is 38.2 Å². The number of hydrogen-bond donors (Lipinski definition) is 2. The van der Waals surface area contributed by atoms with Crippen LogP contribution in [0, 0.1) is 5.41 Å². The van der Waals surface area contributed by atoms with E-state index < -0.39 is 11.4 Å². The van der Waals surface area contributed by atoms with Gasteiger partial charge in [-0.05, 0) is 44.5 Å². The first kappa shape index (κ1) is 17.9. The third-order valence-corrected chi connectivity index (χ3v) is 4.12. The molecule has 0 atom stereocenters. The van der Waals surface area contributed by atoms with Gasteiger partial charge in [0.15, 0.2) is 0 Å². The Bertz CT molecular complexity index is 745. The van der Waals surface area contributed by atoms with Gasteiger partial charge in [0.1, 0.15) is 0 Å². The van der Waals surface area contributed by atoms with Crippen LogP contribution in [0.4, 0.5) is 0 Å². The fraction of sp³-hybridized carbons (Fsp3) is 0.278. The van der Waals surface area contributed by atoms with Crippen molar-refractivity contribution in [2.45, 2.75) is 20.3 Å². The van der Waals surface area contributed by atoms with Gasteiger partial charge in [-0.2, -0.15) is 0 Å². The van der Waals surface area contributed by atoms with Crippen LogP contribution in [-0.2, 0) is 4.79 Å². The van der Waals surface area contributed by atoms with Gasteiger partial charge in [0.2, 0.25) is 0 Å². The lowest BCUT2D eigenvalue weighted by Gasteiger charge is -2.19. The summed E-state index contributed by atoms with van der Waals surface area (Å²) < 4.78 is 0. The van der Waals surface area contributed by atoms with E-state index in [-0.39, 0.29) is 12.5 Å². The minimum atomic E-state index is -0.896. The van der Waals surface area contributed by atoms with Crippen LogP contribution in [0.15, 0.2) is 42.6 Å². The molecule has 2 N–H and O–H groups in total. The van der Waals surface area contributed by atoms with Gasteiger partial charge in [-0.1, -0.05) is 23.7 Å². The fourth-order valence-corrected chi connectivity index (χ4v) is 2.29. The minimum absolute atomic E-state index is 0.252. The second-order valence-electron chi connectivity index (χ2n) is 6.10. The maximum absolute atomic E-state index is 12.3. The van der Waals surface area contributed by atoms with E-state index in [1.165, 1.54) is 0 Å². The average molecular weight is 347 g/mol. The van der Waals surface area contributed by atoms with Gasteiger partial charge in [-0.25, -0.2) is 0 Å². The number of aliphatic carboxylic acids is 1. The van der Waals surface area contributed by atoms with E-state index in [0.717, 1.165) is 11.3 Å². The standard InChI is InChI=1S/C18H19ClN2O3/c1-18(2,17(23)24)8-10-21-16(22)13-11-12(6-7-14(13)19)15-5-3-4-9-20-15/h3-7,9,11H,8,10H2,1-2H3,(H,21,22)(H,23,24). The van der Waals surface area contributed by atoms with E-state index in [9.17, 15) is 9.59 Å². The maximum Gasteiger partial charge on any atom is 0.309 e. The van der Waals surface area contributed by atoms with Gasteiger partial charge in [0.25, 0.3) is 5.91 Å². The number of halogens is 1. The smallest absolute Gasteiger partial charge is 0.309 e. The number of benzene rings is 1. The van der Waals surface area contributed by atoms with Crippen LogP contribution in [-0.4, -0.2) is 28.5 Å². The Hall–Kier alpha value is -2.40. The normalized spacial score (nSPS) is 11.1. The number of carboxylic acid groups (broad SMARTS) is 1. The third-order valence-electron chi connectivity index (χ3n) is 3.79. The Kier molecular flexibility index (Phi) is 5.57. The number of carbonyl (C=O) groups excluding carboxylic acids is 1. The highest BCUT2D eigenvalue weighted by Gasteiger charge is 2.26. The molecular weight excluding hydrogens is 328 g/mol. The van der Waals surface area contributed by atoms with Crippen LogP contribution >= 0.6 is 11.6 Å². The number of pyridine rings is 1. The maximum atomic E-state index is 12.3. The third kappa shape index (κ3) is 4.32. The van der Waals surface area contributed by atoms with Gasteiger partial charge in [0.05, 0.1) is 21.7 Å². The van der Waals surface area contributed by atoms with Crippen LogP contribution in [0.3, 0.4) is 0 Å². The highest BCUT2D eigenvalue weighted by Crippen LogP contribution is 2.24. The van der Waals surface area contributed by atoms with Crippen molar-refractivity contribution in [1.82, 2.24) is 10.3 Å². The summed E-state index contributed by atoms with van der Waals surface area (Å²) in [7, 11) is 0. The van der Waals surface area contributed by atoms with Crippen LogP contribution < -0.4 is 5.32 Å². The Labute approximate surface area is 145 Å². The number of amides is 1. The molecule has 0 unspecified atom stereocenters. The van der Waals surface area contributed by atoms with Crippen molar-refractivity contribution >= 4 is 23.5 Å². The molecule has 0 aliphatic carbocycles. The Balaban J connectivity index is 2.11. The molecule has 1 heterocycles. The largest absolute Gasteiger partial charge is 0.481 e. The first-order valence-corrected chi connectivity index (χ1v) is 7.91. The molecule has 1 aromatic heterocycles. The average Bonchev–Trinajstić information content (AvgIpc) is 2.55. The molecular formula is C18H19ClN2O3. The molecule has 0 spiro atoms. The molecule has 0 aliphatic heterocycles. The molecule has 0 saturated heterocycles. The first-order valence-electron chi connectivity index (χ1n) is 7.54. The highest BCUT2D eigenvalue weighted by molar-refractivity contribution is 6.34. The summed E-state index contributed by atoms with van der Waals surface area (Å²) in [6, 6.07) is 10.7. The lowest BCUT2D eigenvalue weighted by atomic mass is 9.89. The summed E-state index contributed by atoms with van der Waals surface area (Å²) in [6.45, 7) is 3.49. The Morgan fingerprint density at radius 3 is 2.62 bits per heavy atom. The summed E-state index contributed by atoms with van der Waals surface area (Å²) in [5.74, 6) is -1.23. The zero-order chi connectivity index (χ0) is 17.7. The van der Waals surface area contributed by atoms with Crippen molar-refractivity contribution in [2.75, 3.05) is 6.54 Å². The van der Waals surface area contributed by atoms with Gasteiger partial charge >= 0.3 is 5.97 Å². The number of carbonyl (C=O) groups is 2. The number of rotatable bonds is 6. The van der Waals surface area contributed by atoms with Gasteiger partial charge in [-0.15, -0.1) is 0 Å². The summed E-state index contributed by atoms with van der Waals surface area (Å²) >= 11 is 6.12. The highest BCUT2D eigenvalue weighted by atomic mass is 35.5. The molecule has 0 fully saturated rings. The topological polar surface area (TPSA) is 79.3 Å². The SMILES string of the molecule is CC(C)(CCNC(=O)c1cc(-c2ccccn2)ccc1Cl)C(=O)O. The first-order chi connectivity index (χ1) is 11.3. The fourth-order valence-electron chi connectivity index (χ4n) is 2.08. The van der Waals surface area contributed by atoms with Crippen molar-refractivity contribution in [3.63, 3.8) is 0 Å². The molecule has 126 valence electrons. The zero-order valence-corrected chi connectivity index (χ0v) is 14.3. The van der Waals surface area contributed by atoms with Crippen molar-refractivity contribution in [3.05, 3.63) is 53.2 Å². The molecule has 24 heavy (non-hydrogen) atoms. The lowest BCUT2D eigenvalue weighted by molar-refractivity contribution is -0.147. The number of hydrogen-bond acceptors (Lipinski definition) is 3. The van der Waals surface area contributed by atoms with E-state index in [1.807, 2.05) is 18.2 Å². The summed E-state index contributed by atoms with van der Waals surface area (Å²) in [6.07, 6.45) is 2.00. The number of aromatic nitrogens is 1. The van der Waals surface area contributed by atoms with Crippen LogP contribution in [0.2, 0.25) is 5.02 Å². The van der Waals surface area contributed by atoms with E-state index in [0.29, 0.717) is 17.0 Å². The molecule has 2 rings (SSSR count). The Morgan fingerprint density at radius 2 is 2.00 bits per heavy atom. The monoisotopic (exact) mass is 346 g/mol. The van der Waals surface area contributed by atoms with Gasteiger partial charge < -0.3 is 10.4 Å².